The van der Waals surface area contributed by atoms with Crippen LogP contribution in [0.3, 0.4) is 0 Å². The summed E-state index contributed by atoms with van der Waals surface area (Å²) in [7, 11) is 0. The van der Waals surface area contributed by atoms with Crippen LogP contribution in [0.2, 0.25) is 0 Å². The van der Waals surface area contributed by atoms with E-state index < -0.39 is 0 Å². The quantitative estimate of drug-likeness (QED) is 0.173. The minimum Gasteiger partial charge on any atom is -0.454 e. The molecule has 0 saturated carbocycles. The smallest absolute Gasteiger partial charge is 0.238 e. The molecule has 14 rings (SSSR count). The summed E-state index contributed by atoms with van der Waals surface area (Å²) in [5.74, 6) is 1.78. The molecule has 13 aromatic rings. The summed E-state index contributed by atoms with van der Waals surface area (Å²) in [5, 5.41) is 6.61. The molecule has 0 unspecified atom stereocenters. The molecule has 1 aliphatic rings. The maximum absolute atomic E-state index is 6.93. The van der Waals surface area contributed by atoms with Crippen LogP contribution in [0.15, 0.2) is 205 Å². The fourth-order valence-electron chi connectivity index (χ4n) is 11.0. The van der Waals surface area contributed by atoms with Crippen molar-refractivity contribution in [1.29, 1.82) is 0 Å². The molecule has 310 valence electrons. The molecule has 6 nitrogen and oxygen atoms in total. The zero-order valence-corrected chi connectivity index (χ0v) is 36.2. The molecule has 0 amide bonds. The maximum Gasteiger partial charge on any atom is 0.238 e. The molecule has 66 heavy (non-hydrogen) atoms. The van der Waals surface area contributed by atoms with Crippen molar-refractivity contribution in [2.24, 2.45) is 0 Å². The highest BCUT2D eigenvalue weighted by Gasteiger charge is 2.37. The second-order valence-electron chi connectivity index (χ2n) is 17.9. The minimum absolute atomic E-state index is 0.186. The Bertz CT molecular complexity index is 4140. The Morgan fingerprint density at radius 3 is 1.74 bits per heavy atom. The van der Waals surface area contributed by atoms with Gasteiger partial charge in [-0.05, 0) is 63.7 Å². The second-order valence-corrected chi connectivity index (χ2v) is 17.9. The lowest BCUT2D eigenvalue weighted by Gasteiger charge is -2.21. The van der Waals surface area contributed by atoms with Crippen LogP contribution in [-0.2, 0) is 5.41 Å². The third-order valence-corrected chi connectivity index (χ3v) is 14.0. The standard InChI is InChI=1S/C60H39N5O/c1-60(2)47-27-13-9-25-44(47)53-45(26-17-28-48(53)60)58-61-57(37-20-7-4-8-21-37)62-59(63-58)65-50-30-15-11-23-40(50)43-33-32-42-39-22-10-14-29-49(39)64(54(42)55(43)65)51-35-38(36-18-5-3-6-19-36)34-46-41-24-12-16-31-52(41)66-56(46)51/h3-35H,1-2H3. The predicted octanol–water partition coefficient (Wildman–Crippen LogP) is 15.3. The number of nitrogens with zero attached hydrogens (tertiary/aromatic N) is 5. The van der Waals surface area contributed by atoms with Crippen molar-refractivity contribution < 1.29 is 4.42 Å². The summed E-state index contributed by atoms with van der Waals surface area (Å²) in [6.45, 7) is 4.62. The normalized spacial score (nSPS) is 13.1. The van der Waals surface area contributed by atoms with Crippen LogP contribution < -0.4 is 0 Å². The van der Waals surface area contributed by atoms with Gasteiger partial charge in [-0.1, -0.05) is 184 Å². The Labute approximate surface area is 379 Å². The summed E-state index contributed by atoms with van der Waals surface area (Å²) >= 11 is 0. The van der Waals surface area contributed by atoms with Crippen molar-refractivity contribution in [3.63, 3.8) is 0 Å². The Hall–Kier alpha value is -8.61. The summed E-state index contributed by atoms with van der Waals surface area (Å²) in [4.78, 5) is 16.4. The molecule has 0 radical (unpaired) electrons. The molecule has 0 atom stereocenters. The van der Waals surface area contributed by atoms with Gasteiger partial charge in [0, 0.05) is 48.9 Å². The average molecular weight is 846 g/mol. The first-order chi connectivity index (χ1) is 32.5. The first-order valence-electron chi connectivity index (χ1n) is 22.5. The first-order valence-corrected chi connectivity index (χ1v) is 22.5. The van der Waals surface area contributed by atoms with E-state index >= 15 is 0 Å². The van der Waals surface area contributed by atoms with Gasteiger partial charge in [-0.15, -0.1) is 0 Å². The van der Waals surface area contributed by atoms with Crippen molar-refractivity contribution in [1.82, 2.24) is 24.1 Å². The molecule has 0 saturated heterocycles. The third kappa shape index (κ3) is 5.15. The third-order valence-electron chi connectivity index (χ3n) is 14.0. The molecule has 0 bridgehead atoms. The van der Waals surface area contributed by atoms with Gasteiger partial charge < -0.3 is 8.98 Å². The van der Waals surface area contributed by atoms with Gasteiger partial charge in [0.15, 0.2) is 17.2 Å². The molecule has 9 aromatic carbocycles. The summed E-state index contributed by atoms with van der Waals surface area (Å²) < 4.78 is 11.6. The Balaban J connectivity index is 1.14. The van der Waals surface area contributed by atoms with Gasteiger partial charge in [0.2, 0.25) is 5.95 Å². The summed E-state index contributed by atoms with van der Waals surface area (Å²) in [6, 6.07) is 71.1. The number of benzene rings is 9. The molecule has 0 N–H and O–H groups in total. The molecule has 6 heteroatoms. The van der Waals surface area contributed by atoms with Gasteiger partial charge >= 0.3 is 0 Å². The maximum atomic E-state index is 6.93. The lowest BCUT2D eigenvalue weighted by Crippen LogP contribution is -2.14. The molecule has 1 aliphatic carbocycles. The van der Waals surface area contributed by atoms with Crippen molar-refractivity contribution >= 4 is 65.6 Å². The summed E-state index contributed by atoms with van der Waals surface area (Å²) in [5.41, 5.74) is 15.7. The zero-order chi connectivity index (χ0) is 43.7. The van der Waals surface area contributed by atoms with E-state index in [9.17, 15) is 0 Å². The van der Waals surface area contributed by atoms with Crippen molar-refractivity contribution in [3.05, 3.63) is 211 Å². The fourth-order valence-corrected chi connectivity index (χ4v) is 11.0. The van der Waals surface area contributed by atoms with Crippen LogP contribution in [0.1, 0.15) is 25.0 Å². The van der Waals surface area contributed by atoms with Gasteiger partial charge in [-0.3, -0.25) is 4.57 Å². The molecule has 4 aromatic heterocycles. The van der Waals surface area contributed by atoms with E-state index in [1.165, 1.54) is 22.3 Å². The number of hydrogen-bond donors (Lipinski definition) is 0. The van der Waals surface area contributed by atoms with Crippen molar-refractivity contribution in [3.8, 4) is 56.7 Å². The van der Waals surface area contributed by atoms with Gasteiger partial charge in [-0.25, -0.2) is 4.98 Å². The van der Waals surface area contributed by atoms with E-state index in [1.54, 1.807) is 0 Å². The molecule has 0 spiro atoms. The Kier molecular flexibility index (Phi) is 7.64. The van der Waals surface area contributed by atoms with Crippen LogP contribution in [0.25, 0.3) is 122 Å². The van der Waals surface area contributed by atoms with Crippen molar-refractivity contribution in [2.45, 2.75) is 19.3 Å². The van der Waals surface area contributed by atoms with Crippen LogP contribution in [0, 0.1) is 0 Å². The molecular weight excluding hydrogens is 807 g/mol. The highest BCUT2D eigenvalue weighted by atomic mass is 16.3. The van der Waals surface area contributed by atoms with E-state index in [1.807, 2.05) is 24.3 Å². The van der Waals surface area contributed by atoms with Crippen LogP contribution in [0.4, 0.5) is 0 Å². The van der Waals surface area contributed by atoms with E-state index in [2.05, 4.69) is 199 Å². The van der Waals surface area contributed by atoms with Gasteiger partial charge in [0.25, 0.3) is 0 Å². The number of aromatic nitrogens is 5. The molecule has 0 fully saturated rings. The topological polar surface area (TPSA) is 61.7 Å². The van der Waals surface area contributed by atoms with Crippen LogP contribution >= 0.6 is 0 Å². The number of para-hydroxylation sites is 3. The van der Waals surface area contributed by atoms with E-state index in [-0.39, 0.29) is 5.41 Å². The largest absolute Gasteiger partial charge is 0.454 e. The van der Waals surface area contributed by atoms with Gasteiger partial charge in [-0.2, -0.15) is 9.97 Å². The molecule has 4 heterocycles. The zero-order valence-electron chi connectivity index (χ0n) is 36.2. The highest BCUT2D eigenvalue weighted by molar-refractivity contribution is 6.24. The predicted molar refractivity (Wildman–Crippen MR) is 270 cm³/mol. The Morgan fingerprint density at radius 2 is 0.985 bits per heavy atom. The lowest BCUT2D eigenvalue weighted by molar-refractivity contribution is 0.660. The highest BCUT2D eigenvalue weighted by Crippen LogP contribution is 2.52. The lowest BCUT2D eigenvalue weighted by atomic mass is 9.82. The second kappa shape index (κ2) is 13.7. The van der Waals surface area contributed by atoms with E-state index in [0.717, 1.165) is 93.5 Å². The summed E-state index contributed by atoms with van der Waals surface area (Å²) in [6.07, 6.45) is 0. The average Bonchev–Trinajstić information content (AvgIpc) is 4.09. The van der Waals surface area contributed by atoms with E-state index in [4.69, 9.17) is 19.4 Å². The molecule has 0 aliphatic heterocycles. The molecular formula is C60H39N5O. The number of rotatable bonds is 5. The Morgan fingerprint density at radius 1 is 0.409 bits per heavy atom. The minimum atomic E-state index is -0.186. The first kappa shape index (κ1) is 36.8. The SMILES string of the molecule is CC1(C)c2ccccc2-c2c(-c3nc(-c4ccccc4)nc(-n4c5ccccc5c5ccc6c7ccccc7n(-c7cc(-c8ccccc8)cc8c7oc7ccccc78)c6c54)n3)cccc21. The number of hydrogen-bond acceptors (Lipinski definition) is 4. The van der Waals surface area contributed by atoms with Crippen LogP contribution in [-0.4, -0.2) is 24.1 Å². The van der Waals surface area contributed by atoms with Crippen LogP contribution in [0.5, 0.6) is 0 Å². The number of fused-ring (bicyclic) bond motifs is 13. The van der Waals surface area contributed by atoms with Gasteiger partial charge in [0.1, 0.15) is 5.58 Å². The van der Waals surface area contributed by atoms with E-state index in [0.29, 0.717) is 17.6 Å². The number of furan rings is 1. The fraction of sp³-hybridized carbons (Fsp3) is 0.0500. The van der Waals surface area contributed by atoms with Crippen molar-refractivity contribution in [2.75, 3.05) is 0 Å². The van der Waals surface area contributed by atoms with Gasteiger partial charge in [0.05, 0.1) is 27.8 Å². The monoisotopic (exact) mass is 845 g/mol.